The largest absolute Gasteiger partial charge is 0.245 e. The molecule has 10 heavy (non-hydrogen) atoms. The summed E-state index contributed by atoms with van der Waals surface area (Å²) in [5.41, 5.74) is 0.939. The Kier molecular flexibility index (Phi) is 3.09. The van der Waals surface area contributed by atoms with Gasteiger partial charge in [0.25, 0.3) is 0 Å². The summed E-state index contributed by atoms with van der Waals surface area (Å²) in [5.74, 6) is 0. The average molecular weight is 199 g/mol. The monoisotopic (exact) mass is 198 g/mol. The first kappa shape index (κ1) is 7.41. The van der Waals surface area contributed by atoms with E-state index in [1.807, 2.05) is 18.2 Å². The van der Waals surface area contributed by atoms with Crippen molar-refractivity contribution in [3.63, 3.8) is 0 Å². The fourth-order valence-electron chi connectivity index (χ4n) is 0.565. The van der Waals surface area contributed by atoms with Crippen LogP contribution in [0.5, 0.6) is 0 Å². The SMILES string of the molecule is BrCC=Cc1ccncn1. The molecule has 2 nitrogen and oxygen atoms in total. The van der Waals surface area contributed by atoms with Crippen LogP contribution in [0.15, 0.2) is 24.7 Å². The lowest BCUT2D eigenvalue weighted by Crippen LogP contribution is -1.79. The summed E-state index contributed by atoms with van der Waals surface area (Å²) in [5, 5.41) is 0.858. The summed E-state index contributed by atoms with van der Waals surface area (Å²) in [6.45, 7) is 0. The Morgan fingerprint density at radius 1 is 1.60 bits per heavy atom. The second-order valence-electron chi connectivity index (χ2n) is 1.69. The third kappa shape index (κ3) is 2.27. The summed E-state index contributed by atoms with van der Waals surface area (Å²) < 4.78 is 0. The second kappa shape index (κ2) is 4.17. The molecule has 0 aliphatic heterocycles. The topological polar surface area (TPSA) is 25.8 Å². The van der Waals surface area contributed by atoms with Gasteiger partial charge in [0.05, 0.1) is 5.69 Å². The molecule has 0 atom stereocenters. The number of halogens is 1. The Morgan fingerprint density at radius 2 is 2.50 bits per heavy atom. The maximum atomic E-state index is 4.00. The Hall–Kier alpha value is -0.700. The molecule has 0 saturated heterocycles. The molecule has 0 N–H and O–H groups in total. The van der Waals surface area contributed by atoms with Crippen LogP contribution in [-0.2, 0) is 0 Å². The molecule has 0 amide bonds. The summed E-state index contributed by atoms with van der Waals surface area (Å²) in [6.07, 6.45) is 7.19. The minimum Gasteiger partial charge on any atom is -0.245 e. The van der Waals surface area contributed by atoms with Crippen molar-refractivity contribution in [2.75, 3.05) is 5.33 Å². The molecular weight excluding hydrogens is 192 g/mol. The van der Waals surface area contributed by atoms with Crippen molar-refractivity contribution in [3.8, 4) is 0 Å². The van der Waals surface area contributed by atoms with Crippen LogP contribution in [0.1, 0.15) is 5.69 Å². The van der Waals surface area contributed by atoms with E-state index in [1.54, 1.807) is 6.20 Å². The van der Waals surface area contributed by atoms with E-state index in [1.165, 1.54) is 6.33 Å². The van der Waals surface area contributed by atoms with Crippen molar-refractivity contribution in [1.29, 1.82) is 0 Å². The summed E-state index contributed by atoms with van der Waals surface area (Å²) in [7, 11) is 0. The van der Waals surface area contributed by atoms with Gasteiger partial charge in [-0.3, -0.25) is 0 Å². The van der Waals surface area contributed by atoms with Crippen molar-refractivity contribution >= 4 is 22.0 Å². The quantitative estimate of drug-likeness (QED) is 0.679. The van der Waals surface area contributed by atoms with E-state index < -0.39 is 0 Å². The molecule has 0 fully saturated rings. The Bertz CT molecular complexity index is 208. The van der Waals surface area contributed by atoms with Crippen molar-refractivity contribution < 1.29 is 0 Å². The van der Waals surface area contributed by atoms with Gasteiger partial charge >= 0.3 is 0 Å². The van der Waals surface area contributed by atoms with Gasteiger partial charge in [-0.1, -0.05) is 22.0 Å². The lowest BCUT2D eigenvalue weighted by atomic mass is 10.4. The molecular formula is C7H7BrN2. The van der Waals surface area contributed by atoms with Gasteiger partial charge in [-0.15, -0.1) is 0 Å². The molecule has 3 heteroatoms. The minimum atomic E-state index is 0.858. The third-order valence-corrected chi connectivity index (χ3v) is 1.36. The minimum absolute atomic E-state index is 0.858. The maximum absolute atomic E-state index is 4.00. The van der Waals surface area contributed by atoms with E-state index in [0.29, 0.717) is 0 Å². The molecule has 1 aromatic heterocycles. The number of alkyl halides is 1. The lowest BCUT2D eigenvalue weighted by Gasteiger charge is -1.86. The average Bonchev–Trinajstić information content (AvgIpc) is 2.03. The molecule has 0 aromatic carbocycles. The smallest absolute Gasteiger partial charge is 0.115 e. The van der Waals surface area contributed by atoms with E-state index >= 15 is 0 Å². The molecule has 0 radical (unpaired) electrons. The highest BCUT2D eigenvalue weighted by Crippen LogP contribution is 1.94. The highest BCUT2D eigenvalue weighted by Gasteiger charge is 1.81. The van der Waals surface area contributed by atoms with Gasteiger partial charge in [0, 0.05) is 11.5 Å². The zero-order valence-corrected chi connectivity index (χ0v) is 6.95. The summed E-state index contributed by atoms with van der Waals surface area (Å²) in [4.78, 5) is 7.79. The van der Waals surface area contributed by atoms with Crippen LogP contribution >= 0.6 is 15.9 Å². The van der Waals surface area contributed by atoms with Gasteiger partial charge < -0.3 is 0 Å². The standard InChI is InChI=1S/C7H7BrN2/c8-4-1-2-7-3-5-9-6-10-7/h1-3,5-6H,4H2. The normalized spacial score (nSPS) is 10.5. The van der Waals surface area contributed by atoms with E-state index in [9.17, 15) is 0 Å². The molecule has 0 aliphatic rings. The van der Waals surface area contributed by atoms with Gasteiger partial charge in [0.15, 0.2) is 0 Å². The van der Waals surface area contributed by atoms with E-state index in [2.05, 4.69) is 25.9 Å². The summed E-state index contributed by atoms with van der Waals surface area (Å²) in [6, 6.07) is 1.86. The number of hydrogen-bond donors (Lipinski definition) is 0. The van der Waals surface area contributed by atoms with Crippen LogP contribution in [0, 0.1) is 0 Å². The van der Waals surface area contributed by atoms with Crippen LogP contribution in [0.3, 0.4) is 0 Å². The zero-order valence-electron chi connectivity index (χ0n) is 5.37. The molecule has 1 aromatic rings. The first-order valence-electron chi connectivity index (χ1n) is 2.92. The van der Waals surface area contributed by atoms with Crippen molar-refractivity contribution in [2.24, 2.45) is 0 Å². The van der Waals surface area contributed by atoms with Gasteiger partial charge in [-0.25, -0.2) is 9.97 Å². The van der Waals surface area contributed by atoms with Crippen LogP contribution in [0.2, 0.25) is 0 Å². The molecule has 1 rings (SSSR count). The Balaban J connectivity index is 2.67. The van der Waals surface area contributed by atoms with Gasteiger partial charge in [0.2, 0.25) is 0 Å². The molecule has 52 valence electrons. The first-order valence-corrected chi connectivity index (χ1v) is 4.04. The Morgan fingerprint density at radius 3 is 3.10 bits per heavy atom. The van der Waals surface area contributed by atoms with Gasteiger partial charge in [-0.2, -0.15) is 0 Å². The fourth-order valence-corrected chi connectivity index (χ4v) is 0.752. The van der Waals surface area contributed by atoms with Crippen molar-refractivity contribution in [3.05, 3.63) is 30.4 Å². The molecule has 0 saturated carbocycles. The Labute approximate surface area is 68.1 Å². The van der Waals surface area contributed by atoms with Crippen molar-refractivity contribution in [2.45, 2.75) is 0 Å². The fraction of sp³-hybridized carbons (Fsp3) is 0.143. The van der Waals surface area contributed by atoms with E-state index in [-0.39, 0.29) is 0 Å². The van der Waals surface area contributed by atoms with Crippen LogP contribution in [0.25, 0.3) is 6.08 Å². The number of hydrogen-bond acceptors (Lipinski definition) is 2. The van der Waals surface area contributed by atoms with E-state index in [0.717, 1.165) is 11.0 Å². The predicted molar refractivity (Wildman–Crippen MR) is 44.9 cm³/mol. The maximum Gasteiger partial charge on any atom is 0.115 e. The second-order valence-corrected chi connectivity index (χ2v) is 2.34. The van der Waals surface area contributed by atoms with Gasteiger partial charge in [0.1, 0.15) is 6.33 Å². The predicted octanol–water partition coefficient (Wildman–Crippen LogP) is 1.88. The summed E-state index contributed by atoms with van der Waals surface area (Å²) >= 11 is 3.28. The third-order valence-electron chi connectivity index (χ3n) is 0.983. The zero-order chi connectivity index (χ0) is 7.23. The van der Waals surface area contributed by atoms with E-state index in [4.69, 9.17) is 0 Å². The number of rotatable bonds is 2. The number of nitrogens with zero attached hydrogens (tertiary/aromatic N) is 2. The lowest BCUT2D eigenvalue weighted by molar-refractivity contribution is 1.15. The molecule has 0 unspecified atom stereocenters. The molecule has 0 bridgehead atoms. The first-order chi connectivity index (χ1) is 4.93. The molecule has 0 aliphatic carbocycles. The number of allylic oxidation sites excluding steroid dienone is 1. The van der Waals surface area contributed by atoms with Gasteiger partial charge in [-0.05, 0) is 12.1 Å². The highest BCUT2D eigenvalue weighted by molar-refractivity contribution is 9.09. The van der Waals surface area contributed by atoms with Crippen LogP contribution < -0.4 is 0 Å². The number of aromatic nitrogens is 2. The molecule has 1 heterocycles. The van der Waals surface area contributed by atoms with Crippen LogP contribution in [0.4, 0.5) is 0 Å². The van der Waals surface area contributed by atoms with Crippen LogP contribution in [-0.4, -0.2) is 15.3 Å². The van der Waals surface area contributed by atoms with Crippen molar-refractivity contribution in [1.82, 2.24) is 9.97 Å². The highest BCUT2D eigenvalue weighted by atomic mass is 79.9. The molecule has 0 spiro atoms.